The van der Waals surface area contributed by atoms with Gasteiger partial charge < -0.3 is 20.1 Å². The van der Waals surface area contributed by atoms with Gasteiger partial charge in [0.05, 0.1) is 18.7 Å². The number of methoxy groups -OCH3 is 1. The maximum absolute atomic E-state index is 13.7. The molecule has 0 aromatic heterocycles. The second kappa shape index (κ2) is 11.6. The summed E-state index contributed by atoms with van der Waals surface area (Å²) < 4.78 is 34.2. The van der Waals surface area contributed by atoms with E-state index >= 15 is 0 Å². The summed E-state index contributed by atoms with van der Waals surface area (Å²) in [6.07, 6.45) is -3.70. The number of ether oxygens (including phenoxy) is 1. The molecule has 0 saturated carbocycles. The molecule has 2 unspecified atom stereocenters. The number of aliphatic hydroxyl groups excluding tert-OH is 2. The summed E-state index contributed by atoms with van der Waals surface area (Å²) in [5, 5.41) is 37.9. The summed E-state index contributed by atoms with van der Waals surface area (Å²) >= 11 is 3.27. The van der Waals surface area contributed by atoms with Crippen molar-refractivity contribution in [3.8, 4) is 11.8 Å². The number of aliphatic hydroxyl groups is 2. The fourth-order valence-electron chi connectivity index (χ4n) is 3.50. The van der Waals surface area contributed by atoms with Crippen LogP contribution in [0.2, 0.25) is 0 Å². The molecule has 0 saturated heterocycles. The van der Waals surface area contributed by atoms with Crippen LogP contribution in [0.1, 0.15) is 28.4 Å². The minimum atomic E-state index is -4.06. The smallest absolute Gasteiger partial charge is 0.335 e. The van der Waals surface area contributed by atoms with E-state index in [-0.39, 0.29) is 29.3 Å². The molecular weight excluding hydrogens is 552 g/mol. The van der Waals surface area contributed by atoms with Crippen LogP contribution < -0.4 is 4.74 Å². The van der Waals surface area contributed by atoms with Crippen molar-refractivity contribution in [3.05, 3.63) is 93.5 Å². The van der Waals surface area contributed by atoms with Crippen LogP contribution in [0.5, 0.6) is 5.75 Å². The monoisotopic (exact) mass is 574 g/mol. The van der Waals surface area contributed by atoms with Gasteiger partial charge in [0.15, 0.2) is 6.10 Å². The summed E-state index contributed by atoms with van der Waals surface area (Å²) in [5.41, 5.74) is 1.78. The van der Waals surface area contributed by atoms with Crippen molar-refractivity contribution in [1.29, 1.82) is 5.26 Å². The normalized spacial score (nSPS) is 13.1. The maximum atomic E-state index is 13.7. The number of carboxylic acids is 1. The summed E-state index contributed by atoms with van der Waals surface area (Å²) in [6, 6.07) is 19.3. The Balaban J connectivity index is 2.00. The number of benzene rings is 3. The zero-order chi connectivity index (χ0) is 26.5. The maximum Gasteiger partial charge on any atom is 0.335 e. The van der Waals surface area contributed by atoms with Crippen molar-refractivity contribution in [2.24, 2.45) is 0 Å². The van der Waals surface area contributed by atoms with E-state index in [0.29, 0.717) is 21.2 Å². The summed E-state index contributed by atoms with van der Waals surface area (Å²) in [7, 11) is -2.68. The highest BCUT2D eigenvalue weighted by Crippen LogP contribution is 2.31. The first kappa shape index (κ1) is 27.3. The lowest BCUT2D eigenvalue weighted by Gasteiger charge is -2.24. The Hall–Kier alpha value is -3.27. The van der Waals surface area contributed by atoms with Gasteiger partial charge in [-0.25, -0.2) is 13.2 Å². The fourth-order valence-corrected chi connectivity index (χ4v) is 5.74. The van der Waals surface area contributed by atoms with Crippen LogP contribution in [-0.2, 0) is 27.9 Å². The Morgan fingerprint density at radius 2 is 1.67 bits per heavy atom. The minimum absolute atomic E-state index is 0.00812. The standard InChI is InChI=1S/C25H23BrN2O7S/c1-35-21-4-2-3-5-22(21)36(33,34)28(14-17-8-6-16(13-27)7-9-17)15-18-10-11-19(20(26)12-18)23(29)24(30)25(31)32/h2-12,23-24,29-30H,14-15H2,1H3,(H,31,32). The van der Waals surface area contributed by atoms with Gasteiger partial charge in [0.2, 0.25) is 10.0 Å². The number of nitrogens with zero attached hydrogens (tertiary/aromatic N) is 2. The van der Waals surface area contributed by atoms with Gasteiger partial charge in [-0.2, -0.15) is 9.57 Å². The summed E-state index contributed by atoms with van der Waals surface area (Å²) in [5.74, 6) is -1.39. The number of halogens is 1. The lowest BCUT2D eigenvalue weighted by molar-refractivity contribution is -0.153. The second-order valence-corrected chi connectivity index (χ2v) is 10.6. The molecule has 0 spiro atoms. The van der Waals surface area contributed by atoms with Crippen LogP contribution in [0.4, 0.5) is 0 Å². The van der Waals surface area contributed by atoms with Crippen LogP contribution in [0.3, 0.4) is 0 Å². The van der Waals surface area contributed by atoms with Crippen molar-refractivity contribution in [2.75, 3.05) is 7.11 Å². The topological polar surface area (TPSA) is 148 Å². The zero-order valence-corrected chi connectivity index (χ0v) is 21.5. The highest BCUT2D eigenvalue weighted by molar-refractivity contribution is 9.10. The van der Waals surface area contributed by atoms with Gasteiger partial charge in [-0.1, -0.05) is 52.3 Å². The van der Waals surface area contributed by atoms with E-state index in [1.54, 1.807) is 54.6 Å². The van der Waals surface area contributed by atoms with E-state index in [4.69, 9.17) is 15.1 Å². The van der Waals surface area contributed by atoms with Crippen molar-refractivity contribution in [3.63, 3.8) is 0 Å². The number of nitriles is 1. The van der Waals surface area contributed by atoms with Crippen molar-refractivity contribution < 1.29 is 33.3 Å². The minimum Gasteiger partial charge on any atom is -0.495 e. The number of rotatable bonds is 10. The molecule has 0 heterocycles. The van der Waals surface area contributed by atoms with E-state index in [1.807, 2.05) is 6.07 Å². The van der Waals surface area contributed by atoms with E-state index in [9.17, 15) is 23.4 Å². The molecule has 0 aliphatic carbocycles. The van der Waals surface area contributed by atoms with Gasteiger partial charge in [-0.05, 0) is 47.0 Å². The number of carbonyl (C=O) groups is 1. The van der Waals surface area contributed by atoms with Crippen LogP contribution >= 0.6 is 15.9 Å². The molecule has 0 amide bonds. The van der Waals surface area contributed by atoms with E-state index < -0.39 is 28.2 Å². The molecular formula is C25H23BrN2O7S. The largest absolute Gasteiger partial charge is 0.495 e. The molecule has 3 rings (SSSR count). The quantitative estimate of drug-likeness (QED) is 0.334. The third-order valence-corrected chi connectivity index (χ3v) is 7.94. The predicted octanol–water partition coefficient (Wildman–Crippen LogP) is 3.20. The predicted molar refractivity (Wildman–Crippen MR) is 133 cm³/mol. The van der Waals surface area contributed by atoms with Crippen LogP contribution in [-0.4, -0.2) is 47.2 Å². The molecule has 188 valence electrons. The third kappa shape index (κ3) is 6.10. The first-order valence-corrected chi connectivity index (χ1v) is 12.8. The number of hydrogen-bond donors (Lipinski definition) is 3. The SMILES string of the molecule is COc1ccccc1S(=O)(=O)N(Cc1ccc(C#N)cc1)Cc1ccc(C(O)C(O)C(=O)O)c(Br)c1. The van der Waals surface area contributed by atoms with E-state index in [1.165, 1.54) is 23.5 Å². The van der Waals surface area contributed by atoms with Gasteiger partial charge >= 0.3 is 5.97 Å². The average Bonchev–Trinajstić information content (AvgIpc) is 2.87. The van der Waals surface area contributed by atoms with Gasteiger partial charge in [0, 0.05) is 17.6 Å². The molecule has 0 radical (unpaired) electrons. The average molecular weight is 575 g/mol. The third-order valence-electron chi connectivity index (χ3n) is 5.42. The molecule has 11 heteroatoms. The molecule has 36 heavy (non-hydrogen) atoms. The zero-order valence-electron chi connectivity index (χ0n) is 19.1. The Labute approximate surface area is 217 Å². The van der Waals surface area contributed by atoms with E-state index in [0.717, 1.165) is 0 Å². The lowest BCUT2D eigenvalue weighted by atomic mass is 10.0. The van der Waals surface area contributed by atoms with Crippen molar-refractivity contribution in [1.82, 2.24) is 4.31 Å². The molecule has 0 bridgehead atoms. The highest BCUT2D eigenvalue weighted by Gasteiger charge is 2.30. The molecule has 2 atom stereocenters. The van der Waals surface area contributed by atoms with Crippen LogP contribution in [0.15, 0.2) is 76.1 Å². The first-order valence-electron chi connectivity index (χ1n) is 10.6. The highest BCUT2D eigenvalue weighted by atomic mass is 79.9. The molecule has 9 nitrogen and oxygen atoms in total. The van der Waals surface area contributed by atoms with Gasteiger partial charge in [-0.15, -0.1) is 0 Å². The molecule has 0 aliphatic heterocycles. The fraction of sp³-hybridized carbons (Fsp3) is 0.200. The Morgan fingerprint density at radius 3 is 2.25 bits per heavy atom. The Morgan fingerprint density at radius 1 is 1.06 bits per heavy atom. The number of aliphatic carboxylic acids is 1. The summed E-state index contributed by atoms with van der Waals surface area (Å²) in [6.45, 7) is -0.0807. The van der Waals surface area contributed by atoms with Crippen LogP contribution in [0, 0.1) is 11.3 Å². The van der Waals surface area contributed by atoms with Crippen molar-refractivity contribution in [2.45, 2.75) is 30.2 Å². The van der Waals surface area contributed by atoms with Crippen molar-refractivity contribution >= 4 is 31.9 Å². The first-order chi connectivity index (χ1) is 17.1. The number of hydrogen-bond acceptors (Lipinski definition) is 7. The second-order valence-electron chi connectivity index (χ2n) is 7.82. The molecule has 3 aromatic carbocycles. The van der Waals surface area contributed by atoms with E-state index in [2.05, 4.69) is 15.9 Å². The van der Waals surface area contributed by atoms with Crippen LogP contribution in [0.25, 0.3) is 0 Å². The molecule has 0 aliphatic rings. The Kier molecular flexibility index (Phi) is 8.84. The molecule has 3 N–H and O–H groups in total. The van der Waals surface area contributed by atoms with Gasteiger partial charge in [0.1, 0.15) is 16.7 Å². The van der Waals surface area contributed by atoms with Gasteiger partial charge in [0.25, 0.3) is 0 Å². The molecule has 3 aromatic rings. The number of carboxylic acid groups (broad SMARTS) is 1. The number of para-hydroxylation sites is 1. The lowest BCUT2D eigenvalue weighted by Crippen LogP contribution is -2.31. The Bertz CT molecular complexity index is 1390. The number of sulfonamides is 1. The summed E-state index contributed by atoms with van der Waals surface area (Å²) in [4.78, 5) is 11.0. The molecule has 0 fully saturated rings. The van der Waals surface area contributed by atoms with Gasteiger partial charge in [-0.3, -0.25) is 0 Å².